The Balaban J connectivity index is 1.38. The van der Waals surface area contributed by atoms with Crippen LogP contribution in [0.1, 0.15) is 41.6 Å². The Morgan fingerprint density at radius 3 is 2.73 bits per heavy atom. The fourth-order valence-electron chi connectivity index (χ4n) is 3.65. The average molecular weight is 352 g/mol. The molecule has 5 heteroatoms. The lowest BCUT2D eigenvalue weighted by Crippen LogP contribution is -2.40. The standard InChI is InChI=1S/C21H24N2O3/c24-18(21-13-16-7-2-3-8-19(16)26-21)15-22-14-17(20-9-6-12-25-20)23-10-4-1-5-11-23/h2-3,6-9,12-13,17,22H,1,4-5,10-11,14-15H2. The number of piperidine rings is 1. The number of nitrogens with zero attached hydrogens (tertiary/aromatic N) is 1. The highest BCUT2D eigenvalue weighted by Gasteiger charge is 2.24. The monoisotopic (exact) mass is 352 g/mol. The van der Waals surface area contributed by atoms with Crippen molar-refractivity contribution in [1.29, 1.82) is 0 Å². The first-order valence-electron chi connectivity index (χ1n) is 9.31. The molecular weight excluding hydrogens is 328 g/mol. The molecule has 1 N–H and O–H groups in total. The van der Waals surface area contributed by atoms with E-state index in [2.05, 4.69) is 10.2 Å². The minimum absolute atomic E-state index is 0.0296. The second-order valence-corrected chi connectivity index (χ2v) is 6.83. The van der Waals surface area contributed by atoms with Crippen LogP contribution in [0.2, 0.25) is 0 Å². The molecule has 0 spiro atoms. The van der Waals surface area contributed by atoms with E-state index in [1.54, 1.807) is 6.26 Å². The highest BCUT2D eigenvalue weighted by molar-refractivity contribution is 5.98. The van der Waals surface area contributed by atoms with Gasteiger partial charge in [0.05, 0.1) is 18.8 Å². The van der Waals surface area contributed by atoms with Crippen molar-refractivity contribution in [2.45, 2.75) is 25.3 Å². The Hall–Kier alpha value is -2.37. The van der Waals surface area contributed by atoms with Crippen molar-refractivity contribution in [2.24, 2.45) is 0 Å². The van der Waals surface area contributed by atoms with Gasteiger partial charge in [-0.3, -0.25) is 9.69 Å². The molecule has 1 fully saturated rings. The lowest BCUT2D eigenvalue weighted by atomic mass is 10.1. The Morgan fingerprint density at radius 1 is 1.12 bits per heavy atom. The number of benzene rings is 1. The quantitative estimate of drug-likeness (QED) is 0.651. The van der Waals surface area contributed by atoms with Crippen LogP contribution in [0.15, 0.2) is 57.6 Å². The molecule has 1 aliphatic heterocycles. The van der Waals surface area contributed by atoms with Gasteiger partial charge in [0.1, 0.15) is 11.3 Å². The zero-order chi connectivity index (χ0) is 17.8. The van der Waals surface area contributed by atoms with Crippen LogP contribution >= 0.6 is 0 Å². The van der Waals surface area contributed by atoms with Crippen molar-refractivity contribution >= 4 is 16.8 Å². The van der Waals surface area contributed by atoms with Crippen LogP contribution in [0.5, 0.6) is 0 Å². The number of carbonyl (C=O) groups excluding carboxylic acids is 1. The number of para-hydroxylation sites is 1. The number of hydrogen-bond donors (Lipinski definition) is 1. The minimum Gasteiger partial charge on any atom is -0.468 e. The van der Waals surface area contributed by atoms with E-state index in [1.807, 2.05) is 42.5 Å². The smallest absolute Gasteiger partial charge is 0.211 e. The maximum absolute atomic E-state index is 12.5. The molecule has 1 atom stereocenters. The third-order valence-electron chi connectivity index (χ3n) is 5.03. The summed E-state index contributed by atoms with van der Waals surface area (Å²) in [7, 11) is 0. The van der Waals surface area contributed by atoms with E-state index in [0.29, 0.717) is 12.3 Å². The SMILES string of the molecule is O=C(CNCC(c1ccco1)N1CCCCC1)c1cc2ccccc2o1. The van der Waals surface area contributed by atoms with Gasteiger partial charge in [-0.05, 0) is 50.2 Å². The van der Waals surface area contributed by atoms with E-state index in [9.17, 15) is 4.79 Å². The third-order valence-corrected chi connectivity index (χ3v) is 5.03. The molecule has 136 valence electrons. The number of ketones is 1. The second-order valence-electron chi connectivity index (χ2n) is 6.83. The normalized spacial score (nSPS) is 16.8. The Morgan fingerprint density at radius 2 is 1.96 bits per heavy atom. The molecule has 3 aromatic rings. The lowest BCUT2D eigenvalue weighted by molar-refractivity contribution is 0.0956. The molecule has 5 nitrogen and oxygen atoms in total. The number of fused-ring (bicyclic) bond motifs is 1. The highest BCUT2D eigenvalue weighted by Crippen LogP contribution is 2.24. The van der Waals surface area contributed by atoms with Gasteiger partial charge in [0.25, 0.3) is 0 Å². The van der Waals surface area contributed by atoms with Gasteiger partial charge < -0.3 is 14.2 Å². The summed E-state index contributed by atoms with van der Waals surface area (Å²) in [6, 6.07) is 13.6. The summed E-state index contributed by atoms with van der Waals surface area (Å²) < 4.78 is 11.3. The first-order chi connectivity index (χ1) is 12.8. The van der Waals surface area contributed by atoms with Gasteiger partial charge in [-0.15, -0.1) is 0 Å². The molecule has 0 aliphatic carbocycles. The predicted molar refractivity (Wildman–Crippen MR) is 100 cm³/mol. The zero-order valence-corrected chi connectivity index (χ0v) is 14.8. The molecule has 2 aromatic heterocycles. The van der Waals surface area contributed by atoms with E-state index >= 15 is 0 Å². The van der Waals surface area contributed by atoms with Crippen LogP contribution in [-0.2, 0) is 0 Å². The van der Waals surface area contributed by atoms with Gasteiger partial charge in [-0.25, -0.2) is 0 Å². The summed E-state index contributed by atoms with van der Waals surface area (Å²) in [4.78, 5) is 14.9. The van der Waals surface area contributed by atoms with Crippen molar-refractivity contribution < 1.29 is 13.6 Å². The van der Waals surface area contributed by atoms with E-state index in [4.69, 9.17) is 8.83 Å². The summed E-state index contributed by atoms with van der Waals surface area (Å²) in [5.74, 6) is 1.33. The van der Waals surface area contributed by atoms with Crippen LogP contribution in [0.4, 0.5) is 0 Å². The summed E-state index contributed by atoms with van der Waals surface area (Å²) in [5.41, 5.74) is 0.748. The average Bonchev–Trinajstić information content (AvgIpc) is 3.35. The fraction of sp³-hybridized carbons (Fsp3) is 0.381. The fourth-order valence-corrected chi connectivity index (χ4v) is 3.65. The Kier molecular flexibility index (Phi) is 5.18. The topological polar surface area (TPSA) is 58.6 Å². The zero-order valence-electron chi connectivity index (χ0n) is 14.8. The second kappa shape index (κ2) is 7.89. The number of rotatable bonds is 7. The summed E-state index contributed by atoms with van der Waals surface area (Å²) in [6.07, 6.45) is 5.44. The molecule has 1 aromatic carbocycles. The van der Waals surface area contributed by atoms with Gasteiger partial charge in [0.15, 0.2) is 5.76 Å². The molecule has 1 aliphatic rings. The maximum Gasteiger partial charge on any atom is 0.211 e. The highest BCUT2D eigenvalue weighted by atomic mass is 16.3. The number of carbonyl (C=O) groups is 1. The van der Waals surface area contributed by atoms with Gasteiger partial charge in [-0.2, -0.15) is 0 Å². The lowest BCUT2D eigenvalue weighted by Gasteiger charge is -2.33. The number of nitrogens with one attached hydrogen (secondary N) is 1. The molecule has 0 amide bonds. The number of hydrogen-bond acceptors (Lipinski definition) is 5. The van der Waals surface area contributed by atoms with Crippen LogP contribution in [0, 0.1) is 0 Å². The Labute approximate surface area is 153 Å². The molecule has 1 unspecified atom stereocenters. The molecule has 3 heterocycles. The van der Waals surface area contributed by atoms with Crippen molar-refractivity contribution in [3.05, 3.63) is 60.2 Å². The first kappa shape index (κ1) is 17.1. The van der Waals surface area contributed by atoms with Crippen LogP contribution in [0.25, 0.3) is 11.0 Å². The molecule has 0 radical (unpaired) electrons. The molecule has 0 bridgehead atoms. The third kappa shape index (κ3) is 3.74. The first-order valence-corrected chi connectivity index (χ1v) is 9.31. The van der Waals surface area contributed by atoms with Crippen molar-refractivity contribution in [3.8, 4) is 0 Å². The number of likely N-dealkylation sites (tertiary alicyclic amines) is 1. The largest absolute Gasteiger partial charge is 0.468 e. The predicted octanol–water partition coefficient (Wildman–Crippen LogP) is 4.03. The van der Waals surface area contributed by atoms with E-state index in [1.165, 1.54) is 19.3 Å². The molecule has 0 saturated carbocycles. The van der Waals surface area contributed by atoms with Crippen LogP contribution < -0.4 is 5.32 Å². The molecular formula is C21H24N2O3. The Bertz CT molecular complexity index is 814. The van der Waals surface area contributed by atoms with E-state index in [-0.39, 0.29) is 18.4 Å². The molecule has 4 rings (SSSR count). The van der Waals surface area contributed by atoms with Crippen molar-refractivity contribution in [1.82, 2.24) is 10.2 Å². The summed E-state index contributed by atoms with van der Waals surface area (Å²) in [5, 5.41) is 4.26. The number of furan rings is 2. The van der Waals surface area contributed by atoms with Gasteiger partial charge >= 0.3 is 0 Å². The molecule has 1 saturated heterocycles. The van der Waals surface area contributed by atoms with Crippen LogP contribution in [0.3, 0.4) is 0 Å². The van der Waals surface area contributed by atoms with Crippen molar-refractivity contribution in [3.63, 3.8) is 0 Å². The van der Waals surface area contributed by atoms with Gasteiger partial charge in [0, 0.05) is 11.9 Å². The van der Waals surface area contributed by atoms with Gasteiger partial charge in [0.2, 0.25) is 5.78 Å². The summed E-state index contributed by atoms with van der Waals surface area (Å²) in [6.45, 7) is 3.08. The minimum atomic E-state index is -0.0296. The maximum atomic E-state index is 12.5. The van der Waals surface area contributed by atoms with Crippen LogP contribution in [-0.4, -0.2) is 36.9 Å². The number of Topliss-reactive ketones (excluding diaryl/α,β-unsaturated/α-hetero) is 1. The molecule has 26 heavy (non-hydrogen) atoms. The van der Waals surface area contributed by atoms with E-state index in [0.717, 1.165) is 29.8 Å². The van der Waals surface area contributed by atoms with Gasteiger partial charge in [-0.1, -0.05) is 24.6 Å². The summed E-state index contributed by atoms with van der Waals surface area (Å²) >= 11 is 0. The van der Waals surface area contributed by atoms with E-state index < -0.39 is 0 Å². The van der Waals surface area contributed by atoms with Crippen molar-refractivity contribution in [2.75, 3.05) is 26.2 Å².